The third-order valence-corrected chi connectivity index (χ3v) is 11.2. The Morgan fingerprint density at radius 3 is 0.804 bits per heavy atom. The maximum atomic E-state index is 5.87. The normalized spacial score (nSPS) is 11.4. The lowest BCUT2D eigenvalue weighted by Crippen LogP contribution is -1.99. The zero-order valence-corrected chi connectivity index (χ0v) is 32.9. The molecule has 0 bridgehead atoms. The highest BCUT2D eigenvalue weighted by atomic mass is 14.5. The predicted molar refractivity (Wildman–Crippen MR) is 225 cm³/mol. The first-order valence-corrected chi connectivity index (χ1v) is 20.7. The quantitative estimate of drug-likeness (QED) is 0.0569. The second-order valence-electron chi connectivity index (χ2n) is 15.8. The van der Waals surface area contributed by atoms with E-state index in [2.05, 4.69) is 76.2 Å². The van der Waals surface area contributed by atoms with E-state index in [-0.39, 0.29) is 0 Å². The number of benzene rings is 4. The van der Waals surface area contributed by atoms with Gasteiger partial charge in [0.05, 0.1) is 0 Å². The van der Waals surface area contributed by atoms with Gasteiger partial charge in [-0.25, -0.2) is 0 Å². The van der Waals surface area contributed by atoms with Crippen LogP contribution in [0.1, 0.15) is 165 Å². The van der Waals surface area contributed by atoms with Gasteiger partial charge in [-0.2, -0.15) is 0 Å². The SMILES string of the molecule is Cc1cc(CCCCCCCCCCCCCCCCCCCc2cc(C)c(Cc3ccc(N)cc3)c(C)c2)cc(C)c1Cc1ccc(N)cc1. The summed E-state index contributed by atoms with van der Waals surface area (Å²) in [5.41, 5.74) is 27.7. The summed E-state index contributed by atoms with van der Waals surface area (Å²) < 4.78 is 0. The molecule has 0 unspecified atom stereocenters. The van der Waals surface area contributed by atoms with Crippen LogP contribution in [-0.2, 0) is 25.7 Å². The Hall–Kier alpha value is -3.52. The number of nitrogens with two attached hydrogens (primary N) is 2. The minimum atomic E-state index is 0.836. The molecule has 0 spiro atoms. The van der Waals surface area contributed by atoms with E-state index in [0.29, 0.717) is 0 Å². The predicted octanol–water partition coefficient (Wildman–Crippen LogP) is 13.7. The van der Waals surface area contributed by atoms with E-state index in [1.807, 2.05) is 24.3 Å². The van der Waals surface area contributed by atoms with Crippen LogP contribution >= 0.6 is 0 Å². The fourth-order valence-electron chi connectivity index (χ4n) is 8.00. The number of hydrogen-bond donors (Lipinski definition) is 2. The molecule has 0 aliphatic rings. The smallest absolute Gasteiger partial charge is 0.0314 e. The Kier molecular flexibility index (Phi) is 17.7. The summed E-state index contributed by atoms with van der Waals surface area (Å²) in [6.45, 7) is 9.11. The summed E-state index contributed by atoms with van der Waals surface area (Å²) >= 11 is 0. The van der Waals surface area contributed by atoms with Gasteiger partial charge in [0, 0.05) is 11.4 Å². The molecule has 0 aliphatic heterocycles. The molecule has 4 aromatic carbocycles. The molecule has 0 radical (unpaired) electrons. The first kappa shape index (κ1) is 40.3. The largest absolute Gasteiger partial charge is 0.399 e. The second kappa shape index (κ2) is 22.4. The van der Waals surface area contributed by atoms with Crippen molar-refractivity contribution in [2.75, 3.05) is 11.5 Å². The number of anilines is 2. The van der Waals surface area contributed by atoms with Gasteiger partial charge in [0.15, 0.2) is 0 Å². The van der Waals surface area contributed by atoms with Gasteiger partial charge < -0.3 is 11.5 Å². The van der Waals surface area contributed by atoms with Gasteiger partial charge in [0.1, 0.15) is 0 Å². The van der Waals surface area contributed by atoms with Crippen molar-refractivity contribution in [2.45, 2.75) is 163 Å². The molecule has 0 atom stereocenters. The van der Waals surface area contributed by atoms with Gasteiger partial charge in [-0.05, 0) is 146 Å². The molecule has 0 heterocycles. The Morgan fingerprint density at radius 2 is 0.549 bits per heavy atom. The van der Waals surface area contributed by atoms with Crippen LogP contribution in [0.5, 0.6) is 0 Å². The van der Waals surface area contributed by atoms with E-state index in [1.54, 1.807) is 0 Å². The van der Waals surface area contributed by atoms with Crippen molar-refractivity contribution in [3.05, 3.63) is 128 Å². The number of unbranched alkanes of at least 4 members (excludes halogenated alkanes) is 16. The van der Waals surface area contributed by atoms with Gasteiger partial charge in [-0.3, -0.25) is 0 Å². The standard InChI is InChI=1S/C49H70N2/c1-38-32-44(33-39(2)48(38)36-42-24-28-46(50)29-25-42)22-20-18-16-14-12-10-8-6-5-7-9-11-13-15-17-19-21-23-45-34-40(3)49(41(4)35-45)37-43-26-30-47(51)31-27-43/h24-35H,5-23,36-37,50-51H2,1-4H3. The fourth-order valence-corrected chi connectivity index (χ4v) is 8.00. The third kappa shape index (κ3) is 14.9. The van der Waals surface area contributed by atoms with E-state index in [0.717, 1.165) is 24.2 Å². The average molecular weight is 687 g/mol. The highest BCUT2D eigenvalue weighted by Gasteiger charge is 2.09. The maximum Gasteiger partial charge on any atom is 0.0314 e. The third-order valence-electron chi connectivity index (χ3n) is 11.2. The molecule has 51 heavy (non-hydrogen) atoms. The van der Waals surface area contributed by atoms with Crippen molar-refractivity contribution >= 4 is 11.4 Å². The molecule has 0 fully saturated rings. The fraction of sp³-hybridized carbons (Fsp3) is 0.510. The lowest BCUT2D eigenvalue weighted by Gasteiger charge is -2.13. The van der Waals surface area contributed by atoms with Gasteiger partial charge in [0.25, 0.3) is 0 Å². The number of hydrogen-bond acceptors (Lipinski definition) is 2. The number of aryl methyl sites for hydroxylation is 6. The van der Waals surface area contributed by atoms with Crippen molar-refractivity contribution < 1.29 is 0 Å². The summed E-state index contributed by atoms with van der Waals surface area (Å²) in [6, 6.07) is 26.4. The van der Waals surface area contributed by atoms with Gasteiger partial charge in [0.2, 0.25) is 0 Å². The molecule has 0 aliphatic carbocycles. The van der Waals surface area contributed by atoms with Crippen LogP contribution in [0.3, 0.4) is 0 Å². The Balaban J connectivity index is 0.919. The maximum absolute atomic E-state index is 5.87. The molecule has 0 saturated heterocycles. The first-order chi connectivity index (χ1) is 24.8. The minimum Gasteiger partial charge on any atom is -0.399 e. The Labute approximate surface area is 312 Å². The molecular weight excluding hydrogens is 617 g/mol. The van der Waals surface area contributed by atoms with Crippen LogP contribution in [0.25, 0.3) is 0 Å². The lowest BCUT2D eigenvalue weighted by atomic mass is 9.92. The lowest BCUT2D eigenvalue weighted by molar-refractivity contribution is 0.525. The molecule has 0 saturated carbocycles. The van der Waals surface area contributed by atoms with Crippen LogP contribution in [0.2, 0.25) is 0 Å². The van der Waals surface area contributed by atoms with Crippen molar-refractivity contribution in [2.24, 2.45) is 0 Å². The Morgan fingerprint density at radius 1 is 0.314 bits per heavy atom. The van der Waals surface area contributed by atoms with Crippen LogP contribution in [0.15, 0.2) is 72.8 Å². The number of nitrogen functional groups attached to an aromatic ring is 2. The second-order valence-corrected chi connectivity index (χ2v) is 15.8. The first-order valence-electron chi connectivity index (χ1n) is 20.7. The van der Waals surface area contributed by atoms with E-state index < -0.39 is 0 Å². The molecular formula is C49H70N2. The van der Waals surface area contributed by atoms with Crippen molar-refractivity contribution in [1.82, 2.24) is 0 Å². The summed E-state index contributed by atoms with van der Waals surface area (Å²) in [4.78, 5) is 0. The highest BCUT2D eigenvalue weighted by Crippen LogP contribution is 2.24. The molecule has 4 N–H and O–H groups in total. The van der Waals surface area contributed by atoms with Gasteiger partial charge in [-0.1, -0.05) is 145 Å². The van der Waals surface area contributed by atoms with E-state index in [9.17, 15) is 0 Å². The molecule has 0 aromatic heterocycles. The van der Waals surface area contributed by atoms with Crippen LogP contribution < -0.4 is 11.5 Å². The summed E-state index contributed by atoms with van der Waals surface area (Å²) in [7, 11) is 0. The topological polar surface area (TPSA) is 52.0 Å². The molecule has 4 aromatic rings. The summed E-state index contributed by atoms with van der Waals surface area (Å²) in [5, 5.41) is 0. The van der Waals surface area contributed by atoms with Crippen LogP contribution in [0.4, 0.5) is 11.4 Å². The summed E-state index contributed by atoms with van der Waals surface area (Å²) in [5.74, 6) is 0. The molecule has 4 rings (SSSR count). The average Bonchev–Trinajstić information content (AvgIpc) is 3.10. The van der Waals surface area contributed by atoms with E-state index in [1.165, 1.54) is 178 Å². The van der Waals surface area contributed by atoms with Crippen molar-refractivity contribution in [3.8, 4) is 0 Å². The van der Waals surface area contributed by atoms with Crippen molar-refractivity contribution in [1.29, 1.82) is 0 Å². The van der Waals surface area contributed by atoms with E-state index in [4.69, 9.17) is 11.5 Å². The Bertz CT molecular complexity index is 1400. The molecule has 2 heteroatoms. The van der Waals surface area contributed by atoms with Gasteiger partial charge in [-0.15, -0.1) is 0 Å². The zero-order chi connectivity index (χ0) is 36.3. The van der Waals surface area contributed by atoms with Gasteiger partial charge >= 0.3 is 0 Å². The number of rotatable bonds is 24. The van der Waals surface area contributed by atoms with Crippen molar-refractivity contribution in [3.63, 3.8) is 0 Å². The minimum absolute atomic E-state index is 0.836. The zero-order valence-electron chi connectivity index (χ0n) is 32.9. The molecule has 2 nitrogen and oxygen atoms in total. The van der Waals surface area contributed by atoms with E-state index >= 15 is 0 Å². The van der Waals surface area contributed by atoms with Crippen LogP contribution in [-0.4, -0.2) is 0 Å². The molecule has 276 valence electrons. The van der Waals surface area contributed by atoms with Crippen LogP contribution in [0, 0.1) is 27.7 Å². The molecule has 0 amide bonds. The monoisotopic (exact) mass is 687 g/mol. The highest BCUT2D eigenvalue weighted by molar-refractivity contribution is 5.46. The summed E-state index contributed by atoms with van der Waals surface area (Å²) in [6.07, 6.45) is 28.3.